The molecule has 1 aromatic rings. The molecule has 5 heteroatoms. The molecule has 0 aliphatic carbocycles. The van der Waals surface area contributed by atoms with E-state index in [0.717, 1.165) is 0 Å². The molecule has 94 valence electrons. The minimum absolute atomic E-state index is 0.0497. The fourth-order valence-corrected chi connectivity index (χ4v) is 1.81. The van der Waals surface area contributed by atoms with Gasteiger partial charge in [0.25, 0.3) is 5.91 Å². The Morgan fingerprint density at radius 3 is 2.47 bits per heavy atom. The number of pyridine rings is 1. The van der Waals surface area contributed by atoms with Crippen LogP contribution in [-0.4, -0.2) is 29.4 Å². The van der Waals surface area contributed by atoms with Gasteiger partial charge in [0.05, 0.1) is 10.6 Å². The SMILES string of the molecule is CN(CC(C)(C)C)C(=O)c1cnc(Cl)c(Cl)c1. The zero-order valence-corrected chi connectivity index (χ0v) is 11.9. The van der Waals surface area contributed by atoms with Crippen LogP contribution >= 0.6 is 23.2 Å². The zero-order valence-electron chi connectivity index (χ0n) is 10.4. The van der Waals surface area contributed by atoms with E-state index in [1.807, 2.05) is 0 Å². The molecule has 0 atom stereocenters. The van der Waals surface area contributed by atoms with Gasteiger partial charge < -0.3 is 4.90 Å². The molecule has 3 nitrogen and oxygen atoms in total. The van der Waals surface area contributed by atoms with Crippen LogP contribution < -0.4 is 0 Å². The summed E-state index contributed by atoms with van der Waals surface area (Å²) in [5.41, 5.74) is 0.500. The average molecular weight is 275 g/mol. The lowest BCUT2D eigenvalue weighted by Crippen LogP contribution is -2.34. The second-order valence-electron chi connectivity index (χ2n) is 5.22. The normalized spacial score (nSPS) is 11.4. The number of carbonyl (C=O) groups excluding carboxylic acids is 1. The van der Waals surface area contributed by atoms with Gasteiger partial charge >= 0.3 is 0 Å². The summed E-state index contributed by atoms with van der Waals surface area (Å²) >= 11 is 11.5. The third-order valence-electron chi connectivity index (χ3n) is 2.10. The summed E-state index contributed by atoms with van der Waals surface area (Å²) in [5.74, 6) is -0.106. The highest BCUT2D eigenvalue weighted by atomic mass is 35.5. The number of halogens is 2. The molecule has 1 heterocycles. The first kappa shape index (κ1) is 14.3. The summed E-state index contributed by atoms with van der Waals surface area (Å²) < 4.78 is 0. The van der Waals surface area contributed by atoms with E-state index < -0.39 is 0 Å². The monoisotopic (exact) mass is 274 g/mol. The van der Waals surface area contributed by atoms with Gasteiger partial charge in [-0.3, -0.25) is 4.79 Å². The molecule has 0 aliphatic rings. The van der Waals surface area contributed by atoms with E-state index >= 15 is 0 Å². The fraction of sp³-hybridized carbons (Fsp3) is 0.500. The number of amides is 1. The number of hydrogen-bond acceptors (Lipinski definition) is 2. The van der Waals surface area contributed by atoms with Gasteiger partial charge in [0, 0.05) is 19.8 Å². The van der Waals surface area contributed by atoms with E-state index in [9.17, 15) is 4.79 Å². The minimum Gasteiger partial charge on any atom is -0.341 e. The van der Waals surface area contributed by atoms with Crippen LogP contribution in [0.2, 0.25) is 10.2 Å². The van der Waals surface area contributed by atoms with Gasteiger partial charge in [0.1, 0.15) is 5.15 Å². The summed E-state index contributed by atoms with van der Waals surface area (Å²) in [7, 11) is 1.76. The first-order valence-corrected chi connectivity index (χ1v) is 6.03. The van der Waals surface area contributed by atoms with Gasteiger partial charge in [-0.2, -0.15) is 0 Å². The summed E-state index contributed by atoms with van der Waals surface area (Å²) in [4.78, 5) is 17.6. The van der Waals surface area contributed by atoms with Crippen molar-refractivity contribution in [3.63, 3.8) is 0 Å². The maximum atomic E-state index is 12.1. The Morgan fingerprint density at radius 2 is 2.00 bits per heavy atom. The summed E-state index contributed by atoms with van der Waals surface area (Å²) in [6, 6.07) is 1.54. The van der Waals surface area contributed by atoms with Gasteiger partial charge in [0.2, 0.25) is 0 Å². The van der Waals surface area contributed by atoms with Gasteiger partial charge in [-0.1, -0.05) is 44.0 Å². The molecule has 0 N–H and O–H groups in total. The highest BCUT2D eigenvalue weighted by molar-refractivity contribution is 6.41. The predicted molar refractivity (Wildman–Crippen MR) is 70.7 cm³/mol. The van der Waals surface area contributed by atoms with Crippen LogP contribution in [0.25, 0.3) is 0 Å². The average Bonchev–Trinajstić information content (AvgIpc) is 2.18. The van der Waals surface area contributed by atoms with Crippen molar-refractivity contribution in [2.24, 2.45) is 5.41 Å². The highest BCUT2D eigenvalue weighted by Crippen LogP contribution is 2.21. The smallest absolute Gasteiger partial charge is 0.255 e. The molecule has 0 fully saturated rings. The minimum atomic E-state index is -0.106. The van der Waals surface area contributed by atoms with Crippen molar-refractivity contribution in [1.29, 1.82) is 0 Å². The van der Waals surface area contributed by atoms with Crippen LogP contribution in [0.3, 0.4) is 0 Å². The Morgan fingerprint density at radius 1 is 1.41 bits per heavy atom. The number of carbonyl (C=O) groups is 1. The number of aromatic nitrogens is 1. The van der Waals surface area contributed by atoms with Crippen LogP contribution in [0.5, 0.6) is 0 Å². The van der Waals surface area contributed by atoms with Crippen LogP contribution in [0.4, 0.5) is 0 Å². The van der Waals surface area contributed by atoms with Crippen LogP contribution in [0.15, 0.2) is 12.3 Å². The molecule has 17 heavy (non-hydrogen) atoms. The van der Waals surface area contributed by atoms with Gasteiger partial charge in [-0.05, 0) is 11.5 Å². The molecule has 0 aromatic carbocycles. The molecule has 0 unspecified atom stereocenters. The third-order valence-corrected chi connectivity index (χ3v) is 2.79. The fourth-order valence-electron chi connectivity index (χ4n) is 1.54. The predicted octanol–water partition coefficient (Wildman–Crippen LogP) is 3.51. The van der Waals surface area contributed by atoms with Gasteiger partial charge in [-0.15, -0.1) is 0 Å². The number of rotatable bonds is 2. The largest absolute Gasteiger partial charge is 0.341 e. The van der Waals surface area contributed by atoms with Crippen molar-refractivity contribution in [1.82, 2.24) is 9.88 Å². The second-order valence-corrected chi connectivity index (χ2v) is 5.98. The van der Waals surface area contributed by atoms with Crippen molar-refractivity contribution < 1.29 is 4.79 Å². The van der Waals surface area contributed by atoms with Gasteiger partial charge in [-0.25, -0.2) is 4.98 Å². The topological polar surface area (TPSA) is 33.2 Å². The molecular weight excluding hydrogens is 259 g/mol. The van der Waals surface area contributed by atoms with E-state index in [-0.39, 0.29) is 16.5 Å². The van der Waals surface area contributed by atoms with E-state index in [1.165, 1.54) is 6.20 Å². The molecule has 0 saturated heterocycles. The maximum absolute atomic E-state index is 12.1. The lowest BCUT2D eigenvalue weighted by atomic mass is 9.96. The van der Waals surface area contributed by atoms with Crippen LogP contribution in [0.1, 0.15) is 31.1 Å². The van der Waals surface area contributed by atoms with Crippen LogP contribution in [-0.2, 0) is 0 Å². The van der Waals surface area contributed by atoms with Crippen molar-refractivity contribution in [3.05, 3.63) is 28.0 Å². The number of nitrogens with zero attached hydrogens (tertiary/aromatic N) is 2. The van der Waals surface area contributed by atoms with Crippen molar-refractivity contribution in [2.45, 2.75) is 20.8 Å². The Labute approximate surface area is 112 Å². The Bertz CT molecular complexity index is 427. The molecule has 0 bridgehead atoms. The molecule has 0 aliphatic heterocycles. The standard InChI is InChI=1S/C12H16Cl2N2O/c1-12(2,3)7-16(4)11(17)8-5-9(13)10(14)15-6-8/h5-6H,7H2,1-4H3. The molecule has 1 aromatic heterocycles. The molecule has 0 spiro atoms. The zero-order chi connectivity index (χ0) is 13.2. The first-order chi connectivity index (χ1) is 7.70. The maximum Gasteiger partial charge on any atom is 0.255 e. The lowest BCUT2D eigenvalue weighted by molar-refractivity contribution is 0.0745. The van der Waals surface area contributed by atoms with Crippen molar-refractivity contribution in [2.75, 3.05) is 13.6 Å². The first-order valence-electron chi connectivity index (χ1n) is 5.27. The van der Waals surface area contributed by atoms with Crippen molar-refractivity contribution >= 4 is 29.1 Å². The highest BCUT2D eigenvalue weighted by Gasteiger charge is 2.19. The van der Waals surface area contributed by atoms with Crippen molar-refractivity contribution in [3.8, 4) is 0 Å². The Balaban J connectivity index is 2.85. The van der Waals surface area contributed by atoms with E-state index in [1.54, 1.807) is 18.0 Å². The third kappa shape index (κ3) is 4.17. The summed E-state index contributed by atoms with van der Waals surface area (Å²) in [5, 5.41) is 0.503. The van der Waals surface area contributed by atoms with E-state index in [4.69, 9.17) is 23.2 Å². The Kier molecular flexibility index (Phi) is 4.39. The number of hydrogen-bond donors (Lipinski definition) is 0. The molecule has 0 radical (unpaired) electrons. The van der Waals surface area contributed by atoms with E-state index in [0.29, 0.717) is 17.1 Å². The lowest BCUT2D eigenvalue weighted by Gasteiger charge is -2.26. The molecular formula is C12H16Cl2N2O. The Hall–Kier alpha value is -0.800. The molecule has 0 saturated carbocycles. The summed E-state index contributed by atoms with van der Waals surface area (Å²) in [6.07, 6.45) is 1.44. The second kappa shape index (κ2) is 5.23. The quantitative estimate of drug-likeness (QED) is 0.774. The molecule has 1 rings (SSSR count). The van der Waals surface area contributed by atoms with Gasteiger partial charge in [0.15, 0.2) is 0 Å². The summed E-state index contributed by atoms with van der Waals surface area (Å²) in [6.45, 7) is 6.88. The van der Waals surface area contributed by atoms with Crippen LogP contribution in [0, 0.1) is 5.41 Å². The van der Waals surface area contributed by atoms with E-state index in [2.05, 4.69) is 25.8 Å². The molecule has 1 amide bonds.